The van der Waals surface area contributed by atoms with Crippen molar-refractivity contribution in [2.24, 2.45) is 0 Å². The normalized spacial score (nSPS) is 16.2. The van der Waals surface area contributed by atoms with Crippen molar-refractivity contribution >= 4 is 28.6 Å². The van der Waals surface area contributed by atoms with Gasteiger partial charge in [-0.2, -0.15) is 0 Å². The Bertz CT molecular complexity index is 908. The Morgan fingerprint density at radius 1 is 1.16 bits per heavy atom. The zero-order valence-corrected chi connectivity index (χ0v) is 14.5. The van der Waals surface area contributed by atoms with Crippen molar-refractivity contribution in [1.29, 1.82) is 0 Å². The van der Waals surface area contributed by atoms with Gasteiger partial charge in [0.05, 0.1) is 6.04 Å². The number of thioether (sulfide) groups is 1. The van der Waals surface area contributed by atoms with E-state index in [-0.39, 0.29) is 18.6 Å². The summed E-state index contributed by atoms with van der Waals surface area (Å²) in [5.74, 6) is 1.53. The van der Waals surface area contributed by atoms with E-state index in [0.29, 0.717) is 5.75 Å². The highest BCUT2D eigenvalue weighted by atomic mass is 32.2. The van der Waals surface area contributed by atoms with Crippen LogP contribution in [-0.4, -0.2) is 23.3 Å². The summed E-state index contributed by atoms with van der Waals surface area (Å²) in [6.07, 6.45) is 2.66. The molecule has 0 aliphatic carbocycles. The molecule has 3 aromatic rings. The van der Waals surface area contributed by atoms with Crippen molar-refractivity contribution in [2.45, 2.75) is 17.4 Å². The van der Waals surface area contributed by atoms with Gasteiger partial charge in [0.2, 0.25) is 0 Å². The first-order chi connectivity index (χ1) is 12.3. The van der Waals surface area contributed by atoms with E-state index in [1.54, 1.807) is 6.20 Å². The first-order valence-electron chi connectivity index (χ1n) is 8.29. The van der Waals surface area contributed by atoms with Crippen molar-refractivity contribution in [3.63, 3.8) is 0 Å². The molecule has 4 rings (SSSR count). The first-order valence-corrected chi connectivity index (χ1v) is 9.27. The van der Waals surface area contributed by atoms with Crippen molar-refractivity contribution < 1.29 is 9.53 Å². The third kappa shape index (κ3) is 3.46. The smallest absolute Gasteiger partial charge is 0.258 e. The van der Waals surface area contributed by atoms with Crippen molar-refractivity contribution in [1.82, 2.24) is 10.3 Å². The second-order valence-corrected chi connectivity index (χ2v) is 7.05. The van der Waals surface area contributed by atoms with Crippen LogP contribution >= 0.6 is 11.8 Å². The lowest BCUT2D eigenvalue weighted by molar-refractivity contribution is -0.123. The fourth-order valence-corrected chi connectivity index (χ4v) is 4.19. The van der Waals surface area contributed by atoms with Gasteiger partial charge in [-0.25, -0.2) is 0 Å². The lowest BCUT2D eigenvalue weighted by atomic mass is 10.0. The molecule has 126 valence electrons. The zero-order chi connectivity index (χ0) is 17.1. The van der Waals surface area contributed by atoms with Gasteiger partial charge >= 0.3 is 0 Å². The second kappa shape index (κ2) is 7.15. The summed E-state index contributed by atoms with van der Waals surface area (Å²) in [5.41, 5.74) is 1.97. The molecule has 0 fully saturated rings. The summed E-state index contributed by atoms with van der Waals surface area (Å²) in [7, 11) is 0. The van der Waals surface area contributed by atoms with Gasteiger partial charge in [-0.15, -0.1) is 11.8 Å². The molecule has 1 aliphatic heterocycles. The summed E-state index contributed by atoms with van der Waals surface area (Å²) in [6.45, 7) is -0.0124. The van der Waals surface area contributed by atoms with Crippen LogP contribution in [0.15, 0.2) is 65.7 Å². The standard InChI is InChI=1S/C20H18N2O2S/c23-19(22-16-10-12-25-18-9-2-1-7-15(16)18)13-24-17-8-3-5-14-6-4-11-21-20(14)17/h1-9,11,16H,10,12-13H2,(H,22,23)/t16-/m1/s1. The molecule has 4 nitrogen and oxygen atoms in total. The first kappa shape index (κ1) is 16.0. The van der Waals surface area contributed by atoms with Gasteiger partial charge in [-0.05, 0) is 30.2 Å². The number of para-hydroxylation sites is 1. The van der Waals surface area contributed by atoms with E-state index in [0.717, 1.165) is 23.1 Å². The molecule has 0 radical (unpaired) electrons. The Hall–Kier alpha value is -2.53. The Labute approximate surface area is 150 Å². The minimum atomic E-state index is -0.111. The van der Waals surface area contributed by atoms with Gasteiger partial charge < -0.3 is 10.1 Å². The van der Waals surface area contributed by atoms with Crippen molar-refractivity contribution in [3.05, 3.63) is 66.4 Å². The molecule has 25 heavy (non-hydrogen) atoms. The maximum absolute atomic E-state index is 12.4. The van der Waals surface area contributed by atoms with Gasteiger partial charge in [-0.3, -0.25) is 9.78 Å². The van der Waals surface area contributed by atoms with Crippen molar-refractivity contribution in [3.8, 4) is 5.75 Å². The topological polar surface area (TPSA) is 51.2 Å². The molecule has 1 aliphatic rings. The van der Waals surface area contributed by atoms with E-state index >= 15 is 0 Å². The van der Waals surface area contributed by atoms with E-state index in [1.165, 1.54) is 10.5 Å². The van der Waals surface area contributed by atoms with E-state index in [9.17, 15) is 4.79 Å². The lowest BCUT2D eigenvalue weighted by Crippen LogP contribution is -2.34. The van der Waals surface area contributed by atoms with Gasteiger partial charge in [0.15, 0.2) is 6.61 Å². The van der Waals surface area contributed by atoms with Crippen LogP contribution in [-0.2, 0) is 4.79 Å². The molecule has 1 aromatic heterocycles. The molecule has 0 saturated heterocycles. The number of carbonyl (C=O) groups excluding carboxylic acids is 1. The van der Waals surface area contributed by atoms with Crippen LogP contribution in [0.1, 0.15) is 18.0 Å². The number of pyridine rings is 1. The fourth-order valence-electron chi connectivity index (χ4n) is 3.06. The number of ether oxygens (including phenoxy) is 1. The van der Waals surface area contributed by atoms with Crippen LogP contribution in [0.2, 0.25) is 0 Å². The monoisotopic (exact) mass is 350 g/mol. The number of aromatic nitrogens is 1. The fraction of sp³-hybridized carbons (Fsp3) is 0.200. The zero-order valence-electron chi connectivity index (χ0n) is 13.6. The maximum Gasteiger partial charge on any atom is 0.258 e. The average molecular weight is 350 g/mol. The second-order valence-electron chi connectivity index (χ2n) is 5.92. The third-order valence-electron chi connectivity index (χ3n) is 4.25. The minimum absolute atomic E-state index is 0.0124. The van der Waals surface area contributed by atoms with E-state index < -0.39 is 0 Å². The van der Waals surface area contributed by atoms with Gasteiger partial charge in [0.1, 0.15) is 11.3 Å². The predicted molar refractivity (Wildman–Crippen MR) is 99.9 cm³/mol. The van der Waals surface area contributed by atoms with E-state index in [2.05, 4.69) is 22.4 Å². The third-order valence-corrected chi connectivity index (χ3v) is 5.37. The van der Waals surface area contributed by atoms with Gasteiger partial charge in [-0.1, -0.05) is 36.4 Å². The summed E-state index contributed by atoms with van der Waals surface area (Å²) in [4.78, 5) is 18.0. The summed E-state index contributed by atoms with van der Waals surface area (Å²) in [5, 5.41) is 4.09. The quantitative estimate of drug-likeness (QED) is 0.774. The van der Waals surface area contributed by atoms with Crippen LogP contribution in [0.3, 0.4) is 0 Å². The number of nitrogens with one attached hydrogen (secondary N) is 1. The summed E-state index contributed by atoms with van der Waals surface area (Å²) in [6, 6.07) is 17.9. The van der Waals surface area contributed by atoms with Crippen LogP contribution in [0.5, 0.6) is 5.75 Å². The number of fused-ring (bicyclic) bond motifs is 2. The molecule has 2 heterocycles. The number of hydrogen-bond acceptors (Lipinski definition) is 4. The molecule has 1 amide bonds. The molecule has 0 unspecified atom stereocenters. The summed E-state index contributed by atoms with van der Waals surface area (Å²) >= 11 is 1.84. The highest BCUT2D eigenvalue weighted by Gasteiger charge is 2.22. The maximum atomic E-state index is 12.4. The minimum Gasteiger partial charge on any atom is -0.481 e. The van der Waals surface area contributed by atoms with Crippen LogP contribution < -0.4 is 10.1 Å². The SMILES string of the molecule is O=C(COc1cccc2cccnc12)N[C@@H]1CCSc2ccccc21. The molecular weight excluding hydrogens is 332 g/mol. The molecule has 2 aromatic carbocycles. The number of nitrogens with zero attached hydrogens (tertiary/aromatic N) is 1. The Balaban J connectivity index is 1.43. The molecule has 0 saturated carbocycles. The van der Waals surface area contributed by atoms with Crippen LogP contribution in [0.4, 0.5) is 0 Å². The van der Waals surface area contributed by atoms with Gasteiger partial charge in [0.25, 0.3) is 5.91 Å². The molecule has 0 bridgehead atoms. The van der Waals surface area contributed by atoms with Crippen LogP contribution in [0, 0.1) is 0 Å². The van der Waals surface area contributed by atoms with E-state index in [1.807, 2.05) is 54.2 Å². The Kier molecular flexibility index (Phi) is 4.57. The highest BCUT2D eigenvalue weighted by molar-refractivity contribution is 7.99. The Morgan fingerprint density at radius 3 is 3.00 bits per heavy atom. The number of rotatable bonds is 4. The highest BCUT2D eigenvalue weighted by Crippen LogP contribution is 2.35. The number of amides is 1. The number of hydrogen-bond donors (Lipinski definition) is 1. The van der Waals surface area contributed by atoms with Crippen molar-refractivity contribution in [2.75, 3.05) is 12.4 Å². The summed E-state index contributed by atoms with van der Waals surface area (Å²) < 4.78 is 5.73. The molecule has 5 heteroatoms. The Morgan fingerprint density at radius 2 is 2.04 bits per heavy atom. The largest absolute Gasteiger partial charge is 0.481 e. The molecule has 1 atom stereocenters. The predicted octanol–water partition coefficient (Wildman–Crippen LogP) is 3.97. The molecule has 1 N–H and O–H groups in total. The lowest BCUT2D eigenvalue weighted by Gasteiger charge is -2.25. The van der Waals surface area contributed by atoms with Crippen LogP contribution in [0.25, 0.3) is 10.9 Å². The van der Waals surface area contributed by atoms with E-state index in [4.69, 9.17) is 4.74 Å². The molecule has 0 spiro atoms. The molecular formula is C20H18N2O2S. The number of benzene rings is 2. The average Bonchev–Trinajstić information content (AvgIpc) is 2.66. The van der Waals surface area contributed by atoms with Gasteiger partial charge in [0, 0.05) is 22.2 Å². The number of carbonyl (C=O) groups is 1.